The predicted octanol–water partition coefficient (Wildman–Crippen LogP) is -0.927. The van der Waals surface area contributed by atoms with E-state index in [9.17, 15) is 0 Å². The van der Waals surface area contributed by atoms with Crippen LogP contribution in [0.2, 0.25) is 0 Å². The second kappa shape index (κ2) is 631. The molecule has 0 amide bonds. The van der Waals surface area contributed by atoms with Crippen LogP contribution >= 0.6 is 0 Å². The summed E-state index contributed by atoms with van der Waals surface area (Å²) in [5.41, 5.74) is 0. The van der Waals surface area contributed by atoms with Crippen LogP contribution in [0.15, 0.2) is 0 Å². The molecule has 0 spiro atoms. The van der Waals surface area contributed by atoms with Crippen molar-refractivity contribution in [1.29, 1.82) is 0 Å². The molecule has 0 aliphatic rings. The van der Waals surface area contributed by atoms with Crippen LogP contribution in [-0.2, 0) is 45.0 Å². The second-order valence-electron chi connectivity index (χ2n) is 0. The van der Waals surface area contributed by atoms with Gasteiger partial charge in [-0.05, 0) is 0 Å². The van der Waals surface area contributed by atoms with E-state index in [1.165, 1.54) is 0 Å². The van der Waals surface area contributed by atoms with Crippen LogP contribution in [0, 0.1) is 0 Å². The van der Waals surface area contributed by atoms with Gasteiger partial charge in [-0.25, -0.2) is 0 Å². The van der Waals surface area contributed by atoms with Crippen molar-refractivity contribution >= 4 is 33.9 Å². The van der Waals surface area contributed by atoms with Crippen LogP contribution < -0.4 is 0 Å². The van der Waals surface area contributed by atoms with Crippen molar-refractivity contribution in [1.82, 2.24) is 0 Å². The Hall–Kier alpha value is -0.962. The van der Waals surface area contributed by atoms with E-state index < -0.39 is 0 Å². The number of hydrogen-bond acceptors (Lipinski definition) is 5. The summed E-state index contributed by atoms with van der Waals surface area (Å²) >= 11 is 0. The molecular weight excluding hydrogens is 324 g/mol. The molecule has 0 heterocycles. The van der Waals surface area contributed by atoms with Crippen molar-refractivity contribution < 1.29 is 45.0 Å². The summed E-state index contributed by atoms with van der Waals surface area (Å²) in [4.78, 5) is 40.0. The normalized spacial score (nSPS) is 1.82. The van der Waals surface area contributed by atoms with Crippen molar-refractivity contribution in [3.8, 4) is 0 Å². The monoisotopic (exact) mass is 334 g/mol. The molecule has 0 aromatic heterocycles. The van der Waals surface area contributed by atoms with Crippen LogP contribution in [0.25, 0.3) is 0 Å². The van der Waals surface area contributed by atoms with Crippen LogP contribution in [0.3, 0.4) is 0 Å². The zero-order valence-corrected chi connectivity index (χ0v) is 8.92. The molecule has 0 aliphatic heterocycles. The van der Waals surface area contributed by atoms with Gasteiger partial charge in [-0.3, -0.25) is 0 Å². The minimum atomic E-state index is 0. The van der Waals surface area contributed by atoms with Crippen molar-refractivity contribution in [3.05, 3.63) is 0 Å². The third kappa shape index (κ3) is 484. The summed E-state index contributed by atoms with van der Waals surface area (Å²) in [6.45, 7) is 10.0. The minimum absolute atomic E-state index is 0. The van der Waals surface area contributed by atoms with Gasteiger partial charge in [-0.2, -0.15) is 0 Å². The van der Waals surface area contributed by atoms with E-state index in [0.717, 1.165) is 0 Å². The Morgan fingerprint density at radius 3 is 0.364 bits per heavy atom. The van der Waals surface area contributed by atoms with Gasteiger partial charge in [0, 0.05) is 21.1 Å². The van der Waals surface area contributed by atoms with E-state index in [1.54, 1.807) is 0 Å². The summed E-state index contributed by atoms with van der Waals surface area (Å²) in [6.07, 6.45) is 0. The van der Waals surface area contributed by atoms with Gasteiger partial charge in [0.25, 0.3) is 0 Å². The van der Waals surface area contributed by atoms with Crippen LogP contribution in [0.5, 0.6) is 0 Å². The first kappa shape index (κ1) is 50.3. The molecule has 0 atom stereocenters. The van der Waals surface area contributed by atoms with E-state index in [1.807, 2.05) is 33.9 Å². The van der Waals surface area contributed by atoms with Crippen LogP contribution in [0.1, 0.15) is 0 Å². The van der Waals surface area contributed by atoms with Gasteiger partial charge in [0.05, 0.1) is 0 Å². The van der Waals surface area contributed by atoms with Crippen LogP contribution in [-0.4, -0.2) is 33.9 Å². The summed E-state index contributed by atoms with van der Waals surface area (Å²) in [5.74, 6) is 0. The molecule has 0 saturated carbocycles. The maximum atomic E-state index is 8.00. The molecule has 0 N–H and O–H groups in total. The average Bonchev–Trinajstić information content (AvgIpc) is 2.20. The fraction of sp³-hybridized carbons (Fsp3) is 0. The van der Waals surface area contributed by atoms with Crippen molar-refractivity contribution in [3.63, 3.8) is 0 Å². The van der Waals surface area contributed by atoms with E-state index in [4.69, 9.17) is 24.0 Å². The maximum absolute atomic E-state index is 8.00. The second-order valence-corrected chi connectivity index (χ2v) is 0. The molecule has 0 unspecified atom stereocenters. The molecule has 66 valence electrons. The van der Waals surface area contributed by atoms with Crippen molar-refractivity contribution in [2.45, 2.75) is 0 Å². The van der Waals surface area contributed by atoms with Gasteiger partial charge >= 0.3 is 0 Å². The van der Waals surface area contributed by atoms with Gasteiger partial charge in [-0.1, -0.05) is 0 Å². The molecule has 0 fully saturated rings. The maximum Gasteiger partial charge on any atom is 0.106 e. The molecule has 0 aromatic rings. The standard InChI is InChI=1S/5CH2O.W/c5*1-2;/h5*1H2;. The quantitative estimate of drug-likeness (QED) is 0.572. The Morgan fingerprint density at radius 1 is 0.364 bits per heavy atom. The third-order valence-electron chi connectivity index (χ3n) is 0. The van der Waals surface area contributed by atoms with Gasteiger partial charge in [0.1, 0.15) is 33.9 Å². The first-order valence-corrected chi connectivity index (χ1v) is 1.44. The molecule has 6 heteroatoms. The molecule has 5 nitrogen and oxygen atoms in total. The Balaban J connectivity index is -0.00000000694. The molecule has 0 radical (unpaired) electrons. The number of carbonyl (C=O) groups excluding carboxylic acids is 5. The van der Waals surface area contributed by atoms with Gasteiger partial charge in [-0.15, -0.1) is 0 Å². The fourth-order valence-corrected chi connectivity index (χ4v) is 0. The van der Waals surface area contributed by atoms with Crippen molar-refractivity contribution in [2.75, 3.05) is 0 Å². The third-order valence-corrected chi connectivity index (χ3v) is 0. The Labute approximate surface area is 79.4 Å². The average molecular weight is 334 g/mol. The van der Waals surface area contributed by atoms with E-state index in [-0.39, 0.29) is 21.1 Å². The van der Waals surface area contributed by atoms with Crippen LogP contribution in [0.4, 0.5) is 0 Å². The molecule has 11 heavy (non-hydrogen) atoms. The zero-order valence-electron chi connectivity index (χ0n) is 5.99. The summed E-state index contributed by atoms with van der Waals surface area (Å²) < 4.78 is 0. The topological polar surface area (TPSA) is 85.3 Å². The number of carbonyl (C=O) groups is 5. The minimum Gasteiger partial charge on any atom is -0.307 e. The summed E-state index contributed by atoms with van der Waals surface area (Å²) in [5, 5.41) is 0. The largest absolute Gasteiger partial charge is 0.307 e. The predicted molar refractivity (Wildman–Crippen MR) is 35.6 cm³/mol. The van der Waals surface area contributed by atoms with Crippen molar-refractivity contribution in [2.24, 2.45) is 0 Å². The molecule has 0 saturated heterocycles. The van der Waals surface area contributed by atoms with Gasteiger partial charge < -0.3 is 24.0 Å². The molecular formula is C5H10O5W. The van der Waals surface area contributed by atoms with Gasteiger partial charge in [0.2, 0.25) is 0 Å². The SMILES string of the molecule is C=O.C=O.C=O.C=O.C=O.[W]. The molecule has 0 bridgehead atoms. The van der Waals surface area contributed by atoms with E-state index in [2.05, 4.69) is 0 Å². The molecule has 0 rings (SSSR count). The van der Waals surface area contributed by atoms with E-state index >= 15 is 0 Å². The zero-order chi connectivity index (χ0) is 10.0. The molecule has 0 aliphatic carbocycles. The number of rotatable bonds is 0. The Bertz CT molecular complexity index is 26.4. The number of hydrogen-bond donors (Lipinski definition) is 0. The summed E-state index contributed by atoms with van der Waals surface area (Å²) in [7, 11) is 0. The first-order valence-electron chi connectivity index (χ1n) is 1.44. The smallest absolute Gasteiger partial charge is 0.106 e. The Kier molecular flexibility index (Phi) is 2890. The summed E-state index contributed by atoms with van der Waals surface area (Å²) in [6, 6.07) is 0. The fourth-order valence-electron chi connectivity index (χ4n) is 0. The van der Waals surface area contributed by atoms with Gasteiger partial charge in [0.15, 0.2) is 0 Å². The molecule has 0 aromatic carbocycles. The van der Waals surface area contributed by atoms with E-state index in [0.29, 0.717) is 0 Å². The first-order chi connectivity index (χ1) is 5.00. The Morgan fingerprint density at radius 2 is 0.364 bits per heavy atom.